The normalized spacial score (nSPS) is 10.8. The summed E-state index contributed by atoms with van der Waals surface area (Å²) >= 11 is 0. The van der Waals surface area contributed by atoms with Crippen molar-refractivity contribution in [2.75, 3.05) is 7.11 Å². The molecule has 0 spiro atoms. The van der Waals surface area contributed by atoms with E-state index in [0.717, 1.165) is 16.8 Å². The number of carboxylic acid groups (broad SMARTS) is 1. The lowest BCUT2D eigenvalue weighted by Gasteiger charge is -2.09. The lowest BCUT2D eigenvalue weighted by Crippen LogP contribution is -2.04. The number of methoxy groups -OCH3 is 1. The van der Waals surface area contributed by atoms with E-state index in [9.17, 15) is 9.90 Å². The van der Waals surface area contributed by atoms with Gasteiger partial charge in [-0.05, 0) is 30.7 Å². The summed E-state index contributed by atoms with van der Waals surface area (Å²) < 4.78 is 7.26. The number of fused-ring (bicyclic) bond motifs is 1. The molecule has 3 aromatic rings. The Labute approximate surface area is 128 Å². The number of aromatic carboxylic acids is 1. The molecule has 3 rings (SSSR count). The number of nitrogens with zero attached hydrogens (tertiary/aromatic N) is 1. The maximum Gasteiger partial charge on any atom is 0.338 e. The first-order chi connectivity index (χ1) is 10.6. The van der Waals surface area contributed by atoms with Crippen LogP contribution >= 0.6 is 0 Å². The van der Waals surface area contributed by atoms with E-state index in [2.05, 4.69) is 0 Å². The Kier molecular flexibility index (Phi) is 3.59. The molecular weight excluding hydrogens is 278 g/mol. The second kappa shape index (κ2) is 5.56. The Hall–Kier alpha value is -2.75. The molecule has 4 nitrogen and oxygen atoms in total. The van der Waals surface area contributed by atoms with Crippen molar-refractivity contribution in [1.29, 1.82) is 0 Å². The maximum absolute atomic E-state index is 11.6. The first-order valence-corrected chi connectivity index (χ1v) is 7.06. The Morgan fingerprint density at radius 1 is 1.18 bits per heavy atom. The number of carbonyl (C=O) groups is 1. The quantitative estimate of drug-likeness (QED) is 0.798. The van der Waals surface area contributed by atoms with Crippen LogP contribution in [0.4, 0.5) is 0 Å². The molecule has 0 saturated carbocycles. The number of hydrogen-bond acceptors (Lipinski definition) is 2. The minimum Gasteiger partial charge on any atom is -0.497 e. The van der Waals surface area contributed by atoms with Gasteiger partial charge >= 0.3 is 5.97 Å². The van der Waals surface area contributed by atoms with Crippen molar-refractivity contribution in [2.45, 2.75) is 13.5 Å². The molecule has 0 saturated heterocycles. The zero-order valence-corrected chi connectivity index (χ0v) is 12.5. The van der Waals surface area contributed by atoms with Gasteiger partial charge in [0.2, 0.25) is 0 Å². The van der Waals surface area contributed by atoms with Gasteiger partial charge in [-0.2, -0.15) is 0 Å². The highest BCUT2D eigenvalue weighted by atomic mass is 16.5. The van der Waals surface area contributed by atoms with Crippen LogP contribution in [0, 0.1) is 6.92 Å². The van der Waals surface area contributed by atoms with Crippen molar-refractivity contribution in [3.8, 4) is 5.75 Å². The molecule has 2 aromatic carbocycles. The predicted octanol–water partition coefficient (Wildman–Crippen LogP) is 3.70. The summed E-state index contributed by atoms with van der Waals surface area (Å²) in [6, 6.07) is 15.6. The highest BCUT2D eigenvalue weighted by molar-refractivity contribution is 6.05. The molecule has 0 bridgehead atoms. The zero-order valence-electron chi connectivity index (χ0n) is 12.5. The third-order valence-corrected chi connectivity index (χ3v) is 3.93. The van der Waals surface area contributed by atoms with Crippen LogP contribution in [0.3, 0.4) is 0 Å². The third-order valence-electron chi connectivity index (χ3n) is 3.93. The van der Waals surface area contributed by atoms with Crippen LogP contribution in [0.5, 0.6) is 5.75 Å². The van der Waals surface area contributed by atoms with Gasteiger partial charge in [-0.15, -0.1) is 0 Å². The number of carboxylic acids is 1. The van der Waals surface area contributed by atoms with E-state index < -0.39 is 5.97 Å². The predicted molar refractivity (Wildman–Crippen MR) is 85.7 cm³/mol. The van der Waals surface area contributed by atoms with Gasteiger partial charge in [-0.3, -0.25) is 0 Å². The summed E-state index contributed by atoms with van der Waals surface area (Å²) in [6.07, 6.45) is 0. The van der Waals surface area contributed by atoms with Crippen LogP contribution < -0.4 is 4.74 Å². The zero-order chi connectivity index (χ0) is 15.7. The molecule has 0 atom stereocenters. The van der Waals surface area contributed by atoms with Crippen molar-refractivity contribution in [2.24, 2.45) is 0 Å². The second-order valence-electron chi connectivity index (χ2n) is 5.22. The van der Waals surface area contributed by atoms with Crippen molar-refractivity contribution < 1.29 is 14.6 Å². The van der Waals surface area contributed by atoms with Crippen molar-refractivity contribution in [3.05, 3.63) is 65.4 Å². The number of benzene rings is 2. The molecule has 0 amide bonds. The smallest absolute Gasteiger partial charge is 0.338 e. The van der Waals surface area contributed by atoms with Gasteiger partial charge in [0.25, 0.3) is 0 Å². The molecule has 0 unspecified atom stereocenters. The summed E-state index contributed by atoms with van der Waals surface area (Å²) in [5, 5.41) is 10.3. The van der Waals surface area contributed by atoms with E-state index in [4.69, 9.17) is 4.74 Å². The molecule has 1 N–H and O–H groups in total. The average molecular weight is 295 g/mol. The Bertz CT molecular complexity index is 834. The van der Waals surface area contributed by atoms with Gasteiger partial charge in [-0.1, -0.05) is 30.3 Å². The van der Waals surface area contributed by atoms with Gasteiger partial charge in [0.1, 0.15) is 5.75 Å². The van der Waals surface area contributed by atoms with Crippen LogP contribution in [-0.4, -0.2) is 22.8 Å². The van der Waals surface area contributed by atoms with Gasteiger partial charge in [0.15, 0.2) is 0 Å². The molecule has 4 heteroatoms. The first-order valence-electron chi connectivity index (χ1n) is 7.06. The van der Waals surface area contributed by atoms with Crippen LogP contribution in [0.2, 0.25) is 0 Å². The maximum atomic E-state index is 11.6. The fourth-order valence-electron chi connectivity index (χ4n) is 2.83. The molecule has 0 fully saturated rings. The van der Waals surface area contributed by atoms with E-state index in [1.54, 1.807) is 13.2 Å². The van der Waals surface area contributed by atoms with Crippen molar-refractivity contribution in [3.63, 3.8) is 0 Å². The molecule has 1 aromatic heterocycles. The summed E-state index contributed by atoms with van der Waals surface area (Å²) in [4.78, 5) is 11.6. The highest BCUT2D eigenvalue weighted by Crippen LogP contribution is 2.30. The lowest BCUT2D eigenvalue weighted by molar-refractivity contribution is 0.0698. The lowest BCUT2D eigenvalue weighted by atomic mass is 10.1. The molecule has 0 aliphatic carbocycles. The minimum atomic E-state index is -0.914. The SMILES string of the molecule is COc1ccc2c(c1)c(C(=O)O)c(C)n2Cc1ccccc1. The third kappa shape index (κ3) is 2.33. The number of aromatic nitrogens is 1. The minimum absolute atomic E-state index is 0.338. The molecule has 112 valence electrons. The van der Waals surface area contributed by atoms with Crippen molar-refractivity contribution in [1.82, 2.24) is 4.57 Å². The molecule has 0 aliphatic rings. The van der Waals surface area contributed by atoms with Gasteiger partial charge < -0.3 is 14.4 Å². The van der Waals surface area contributed by atoms with Crippen LogP contribution in [-0.2, 0) is 6.54 Å². The van der Waals surface area contributed by atoms with Gasteiger partial charge in [-0.25, -0.2) is 4.79 Å². The van der Waals surface area contributed by atoms with Crippen molar-refractivity contribution >= 4 is 16.9 Å². The summed E-state index contributed by atoms with van der Waals surface area (Å²) in [5.74, 6) is -0.255. The highest BCUT2D eigenvalue weighted by Gasteiger charge is 2.19. The van der Waals surface area contributed by atoms with E-state index in [0.29, 0.717) is 23.2 Å². The standard InChI is InChI=1S/C18H17NO3/c1-12-17(18(20)21)15-10-14(22-2)8-9-16(15)19(12)11-13-6-4-3-5-7-13/h3-10H,11H2,1-2H3,(H,20,21). The van der Waals surface area contributed by atoms with E-state index in [1.165, 1.54) is 0 Å². The second-order valence-corrected chi connectivity index (χ2v) is 5.22. The topological polar surface area (TPSA) is 51.5 Å². The largest absolute Gasteiger partial charge is 0.497 e. The molecule has 0 aliphatic heterocycles. The number of rotatable bonds is 4. The van der Waals surface area contributed by atoms with Crippen LogP contribution in [0.15, 0.2) is 48.5 Å². The molecule has 1 heterocycles. The first kappa shape index (κ1) is 14.2. The number of hydrogen-bond donors (Lipinski definition) is 1. The fraction of sp³-hybridized carbons (Fsp3) is 0.167. The van der Waals surface area contributed by atoms with E-state index in [-0.39, 0.29) is 0 Å². The van der Waals surface area contributed by atoms with Gasteiger partial charge in [0.05, 0.1) is 12.7 Å². The summed E-state index contributed by atoms with van der Waals surface area (Å²) in [6.45, 7) is 2.49. The Balaban J connectivity index is 2.21. The monoisotopic (exact) mass is 295 g/mol. The molecule has 0 radical (unpaired) electrons. The van der Waals surface area contributed by atoms with Crippen LogP contribution in [0.1, 0.15) is 21.6 Å². The van der Waals surface area contributed by atoms with Gasteiger partial charge in [0, 0.05) is 23.1 Å². The van der Waals surface area contributed by atoms with E-state index in [1.807, 2.05) is 54.0 Å². The fourth-order valence-corrected chi connectivity index (χ4v) is 2.83. The summed E-state index contributed by atoms with van der Waals surface area (Å²) in [7, 11) is 1.58. The average Bonchev–Trinajstić information content (AvgIpc) is 2.80. The number of ether oxygens (including phenoxy) is 1. The Morgan fingerprint density at radius 3 is 2.55 bits per heavy atom. The molecular formula is C18H17NO3. The van der Waals surface area contributed by atoms with Crippen LogP contribution in [0.25, 0.3) is 10.9 Å². The van der Waals surface area contributed by atoms with E-state index >= 15 is 0 Å². The Morgan fingerprint density at radius 2 is 1.91 bits per heavy atom. The summed E-state index contributed by atoms with van der Waals surface area (Å²) in [5.41, 5.74) is 3.12. The molecule has 22 heavy (non-hydrogen) atoms.